The number of hydrogen-bond acceptors (Lipinski definition) is 5. The van der Waals surface area contributed by atoms with Gasteiger partial charge >= 0.3 is 0 Å². The fourth-order valence-electron chi connectivity index (χ4n) is 11.4. The van der Waals surface area contributed by atoms with E-state index in [1.165, 1.54) is 16.7 Å². The summed E-state index contributed by atoms with van der Waals surface area (Å²) >= 11 is 0. The summed E-state index contributed by atoms with van der Waals surface area (Å²) < 4.78 is 62.0. The molecule has 0 fully saturated rings. The molecular weight excluding hydrogens is 977 g/mol. The van der Waals surface area contributed by atoms with Crippen molar-refractivity contribution in [2.24, 2.45) is 0 Å². The molecule has 0 atom stereocenters. The van der Waals surface area contributed by atoms with Gasteiger partial charge in [0.2, 0.25) is 0 Å². The largest absolute Gasteiger partial charge is 0.457 e. The molecule has 0 saturated heterocycles. The van der Waals surface area contributed by atoms with Crippen LogP contribution in [0.2, 0.25) is 0 Å². The van der Waals surface area contributed by atoms with Crippen LogP contribution in [0.15, 0.2) is 180 Å². The maximum Gasteiger partial charge on any atom is 0.145 e. The fraction of sp³-hybridized carbons (Fsp3) is 0.284. The van der Waals surface area contributed by atoms with Gasteiger partial charge in [-0.25, -0.2) is 4.98 Å². The number of anilines is 4. The number of hydrogen-bond donors (Lipinski definition) is 0. The Morgan fingerprint density at radius 3 is 1.73 bits per heavy atom. The Bertz CT molecular complexity index is 4470. The fourth-order valence-corrected chi connectivity index (χ4v) is 11.4. The average Bonchev–Trinajstić information content (AvgIpc) is 1.91. The van der Waals surface area contributed by atoms with Crippen molar-refractivity contribution in [3.8, 4) is 39.6 Å². The molecule has 404 valence electrons. The summed E-state index contributed by atoms with van der Waals surface area (Å²) in [6, 6.07) is 47.6. The predicted molar refractivity (Wildman–Crippen MR) is 339 cm³/mol. The molecule has 80 heavy (non-hydrogen) atoms. The second kappa shape index (κ2) is 18.8. The molecule has 0 aliphatic carbocycles. The molecule has 6 nitrogen and oxygen atoms in total. The molecule has 0 saturated carbocycles. The summed E-state index contributed by atoms with van der Waals surface area (Å²) in [4.78, 5) is 9.61. The molecule has 12 rings (SSSR count). The third-order valence-corrected chi connectivity index (χ3v) is 16.1. The van der Waals surface area contributed by atoms with Crippen molar-refractivity contribution in [3.05, 3.63) is 204 Å². The number of furan rings is 1. The van der Waals surface area contributed by atoms with E-state index in [-0.39, 0.29) is 56.8 Å². The third-order valence-electron chi connectivity index (χ3n) is 16.1. The predicted octanol–water partition coefficient (Wildman–Crippen LogP) is 20.9. The Labute approximate surface area is 480 Å². The van der Waals surface area contributed by atoms with Crippen molar-refractivity contribution < 1.29 is 16.0 Å². The van der Waals surface area contributed by atoms with Crippen LogP contribution < -0.4 is 14.5 Å². The van der Waals surface area contributed by atoms with E-state index in [1.54, 1.807) is 0 Å². The molecule has 6 heteroatoms. The monoisotopic (exact) mass is 1060 g/mol. The molecule has 3 aromatic heterocycles. The normalized spacial score (nSPS) is 14.5. The second-order valence-corrected chi connectivity index (χ2v) is 27.1. The van der Waals surface area contributed by atoms with Crippen LogP contribution in [0, 0.1) is 0 Å². The highest BCUT2D eigenvalue weighted by atomic mass is 16.5. The van der Waals surface area contributed by atoms with E-state index >= 15 is 0 Å². The molecule has 0 unspecified atom stereocenters. The van der Waals surface area contributed by atoms with E-state index in [2.05, 4.69) is 233 Å². The van der Waals surface area contributed by atoms with Gasteiger partial charge in [0.15, 0.2) is 0 Å². The van der Waals surface area contributed by atoms with Crippen LogP contribution in [0.25, 0.3) is 71.8 Å². The van der Waals surface area contributed by atoms with E-state index in [0.29, 0.717) is 23.7 Å². The Kier molecular flexibility index (Phi) is 11.0. The Balaban J connectivity index is 1.06. The number of rotatable bonds is 7. The topological polar surface area (TPSA) is 46.7 Å². The number of nitrogens with zero attached hydrogens (tertiary/aromatic N) is 4. The molecule has 0 radical (unpaired) electrons. The van der Waals surface area contributed by atoms with E-state index in [1.807, 2.05) is 30.5 Å². The number of fused-ring (bicyclic) bond motifs is 8. The molecule has 4 heterocycles. The van der Waals surface area contributed by atoms with Crippen molar-refractivity contribution in [1.29, 1.82) is 0 Å². The summed E-state index contributed by atoms with van der Waals surface area (Å²) in [5.74, 6) is 2.12. The third kappa shape index (κ3) is 9.40. The summed E-state index contributed by atoms with van der Waals surface area (Å²) in [5.41, 5.74) is 14.1. The minimum Gasteiger partial charge on any atom is -0.457 e. The molecule has 8 aromatic carbocycles. The van der Waals surface area contributed by atoms with Gasteiger partial charge in [0.25, 0.3) is 0 Å². The smallest absolute Gasteiger partial charge is 0.145 e. The first kappa shape index (κ1) is 46.8. The molecule has 0 amide bonds. The van der Waals surface area contributed by atoms with E-state index < -0.39 is 6.04 Å². The first-order valence-corrected chi connectivity index (χ1v) is 28.1. The number of benzene rings is 8. The zero-order valence-corrected chi connectivity index (χ0v) is 49.2. The van der Waals surface area contributed by atoms with Gasteiger partial charge in [-0.1, -0.05) is 183 Å². The number of para-hydroxylation sites is 3. The van der Waals surface area contributed by atoms with Gasteiger partial charge in [0.05, 0.1) is 40.3 Å². The lowest BCUT2D eigenvalue weighted by molar-refractivity contribution is 0.479. The molecular formula is C74H76N4O2. The van der Waals surface area contributed by atoms with E-state index in [0.717, 1.165) is 94.6 Å². The van der Waals surface area contributed by atoms with Crippen LogP contribution in [0.5, 0.6) is 11.5 Å². The molecule has 1 aliphatic heterocycles. The van der Waals surface area contributed by atoms with Crippen molar-refractivity contribution in [2.45, 2.75) is 131 Å². The Hall–Kier alpha value is -8.09. The van der Waals surface area contributed by atoms with Crippen molar-refractivity contribution >= 4 is 66.5 Å². The Morgan fingerprint density at radius 2 is 1.06 bits per heavy atom. The van der Waals surface area contributed by atoms with Crippen LogP contribution in [0.4, 0.5) is 22.7 Å². The molecule has 0 spiro atoms. The summed E-state index contributed by atoms with van der Waals surface area (Å²) in [6.07, 6.45) is 1.90. The summed E-state index contributed by atoms with van der Waals surface area (Å²) in [5, 5.41) is 4.15. The number of pyridine rings is 1. The van der Waals surface area contributed by atoms with Gasteiger partial charge in [-0.3, -0.25) is 4.57 Å². The van der Waals surface area contributed by atoms with Crippen molar-refractivity contribution in [2.75, 3.05) is 16.5 Å². The SMILES string of the molecule is [2H]c1c([2H])c([2H])c(-c2cc(C(C)(C)C)cc(-c3cc(C(C)(C)C)cc(C(C)(C)C)c3)c2N2CN(c3cc(Oc4ccc5c6c7oc8ccccc8c7ccc6n(-c6cc(C(C)(C)C)ccn6)c5c4)cc(C(C)(C)C)c3)c3ccccc32)c([2H])c1[2H]. The van der Waals surface area contributed by atoms with Gasteiger partial charge in [0, 0.05) is 51.3 Å². The summed E-state index contributed by atoms with van der Waals surface area (Å²) in [7, 11) is 0. The maximum atomic E-state index is 9.58. The van der Waals surface area contributed by atoms with Crippen LogP contribution in [-0.2, 0) is 27.1 Å². The second-order valence-electron chi connectivity index (χ2n) is 27.1. The molecule has 0 bridgehead atoms. The van der Waals surface area contributed by atoms with Crippen LogP contribution in [0.1, 0.15) is 139 Å². The number of aromatic nitrogens is 2. The lowest BCUT2D eigenvalue weighted by Gasteiger charge is -2.32. The minimum atomic E-state index is -0.427. The van der Waals surface area contributed by atoms with Crippen LogP contribution in [0.3, 0.4) is 0 Å². The van der Waals surface area contributed by atoms with Crippen molar-refractivity contribution in [3.63, 3.8) is 0 Å². The highest BCUT2D eigenvalue weighted by molar-refractivity contribution is 6.24. The zero-order chi connectivity index (χ0) is 60.8. The van der Waals surface area contributed by atoms with Gasteiger partial charge in [-0.15, -0.1) is 0 Å². The highest BCUT2D eigenvalue weighted by Gasteiger charge is 2.35. The van der Waals surface area contributed by atoms with Crippen LogP contribution in [-0.4, -0.2) is 16.2 Å². The first-order valence-electron chi connectivity index (χ1n) is 30.6. The van der Waals surface area contributed by atoms with E-state index in [9.17, 15) is 2.74 Å². The number of ether oxygens (including phenoxy) is 1. The lowest BCUT2D eigenvalue weighted by Crippen LogP contribution is -2.26. The first-order chi connectivity index (χ1) is 39.9. The molecule has 0 N–H and O–H groups in total. The Morgan fingerprint density at radius 1 is 0.475 bits per heavy atom. The van der Waals surface area contributed by atoms with Crippen molar-refractivity contribution in [1.82, 2.24) is 9.55 Å². The highest BCUT2D eigenvalue weighted by Crippen LogP contribution is 2.53. The lowest BCUT2D eigenvalue weighted by atomic mass is 9.77. The average molecular weight is 1060 g/mol. The zero-order valence-electron chi connectivity index (χ0n) is 54.2. The van der Waals surface area contributed by atoms with Crippen LogP contribution >= 0.6 is 0 Å². The molecule has 1 aliphatic rings. The minimum absolute atomic E-state index is 0.112. The van der Waals surface area contributed by atoms with E-state index in [4.69, 9.17) is 18.3 Å². The summed E-state index contributed by atoms with van der Waals surface area (Å²) in [6.45, 7) is 33.6. The van der Waals surface area contributed by atoms with Gasteiger partial charge < -0.3 is 19.0 Å². The standard InChI is InChI=1S/C74H76N4O2/c1-70(2,3)48-33-34-75-66(42-48)78-63-32-31-57-56-25-19-22-28-65(56)80-69(57)67(63)58-30-29-54(44-64(58)78)79-55-39-51(73(10,11)12)38-53(43-55)76-45-77(62-27-21-20-26-61(62)76)68-59(46-23-17-16-18-24-46)40-52(74(13,14)15)41-60(68)47-35-49(71(4,5)6)37-50(36-47)72(7,8)9/h16-44H,45H2,1-15H3/i16D,17D,18D,23D,24D. The van der Waals surface area contributed by atoms with Gasteiger partial charge in [-0.05, 0) is 145 Å². The quantitative estimate of drug-likeness (QED) is 0.159. The maximum absolute atomic E-state index is 9.58. The molecule has 11 aromatic rings. The van der Waals surface area contributed by atoms with Gasteiger partial charge in [-0.2, -0.15) is 0 Å². The van der Waals surface area contributed by atoms with Gasteiger partial charge in [0.1, 0.15) is 35.2 Å².